The Labute approximate surface area is 86.9 Å². The van der Waals surface area contributed by atoms with Crippen LogP contribution in [0.15, 0.2) is 12.5 Å². The van der Waals surface area contributed by atoms with Crippen LogP contribution < -0.4 is 5.32 Å². The molecule has 1 rings (SSSR count). The van der Waals surface area contributed by atoms with E-state index in [0.717, 1.165) is 0 Å². The number of amides is 1. The van der Waals surface area contributed by atoms with Gasteiger partial charge in [0.2, 0.25) is 0 Å². The van der Waals surface area contributed by atoms with Gasteiger partial charge in [-0.25, -0.2) is 4.98 Å². The molecule has 0 spiro atoms. The number of hydrogen-bond donors (Lipinski definition) is 2. The number of nitrogens with zero attached hydrogens (tertiary/aromatic N) is 2. The zero-order valence-electron chi connectivity index (χ0n) is 8.60. The monoisotopic (exact) mass is 211 g/mol. The molecule has 1 aromatic rings. The quantitative estimate of drug-likeness (QED) is 0.735. The van der Waals surface area contributed by atoms with Gasteiger partial charge in [-0.05, 0) is 6.92 Å². The highest BCUT2D eigenvalue weighted by molar-refractivity contribution is 5.92. The Hall–Kier alpha value is -1.85. The second-order valence-electron chi connectivity index (χ2n) is 3.36. The van der Waals surface area contributed by atoms with Crippen molar-refractivity contribution in [2.75, 3.05) is 0 Å². The lowest BCUT2D eigenvalue weighted by molar-refractivity contribution is -0.137. The van der Waals surface area contributed by atoms with Crippen molar-refractivity contribution in [2.45, 2.75) is 19.4 Å². The van der Waals surface area contributed by atoms with Gasteiger partial charge in [-0.3, -0.25) is 9.59 Å². The standard InChI is InChI=1S/C9H13N3O3/c1-6(3-8(13)14)11-9(15)7-4-10-5-12(7)2/h4-6H,3H2,1-2H3,(H,11,15)(H,13,14). The van der Waals surface area contributed by atoms with E-state index < -0.39 is 12.0 Å². The van der Waals surface area contributed by atoms with Crippen molar-refractivity contribution in [2.24, 2.45) is 7.05 Å². The molecule has 0 aliphatic carbocycles. The van der Waals surface area contributed by atoms with E-state index in [4.69, 9.17) is 5.11 Å². The molecule has 0 aliphatic rings. The third kappa shape index (κ3) is 3.08. The minimum Gasteiger partial charge on any atom is -0.481 e. The Kier molecular flexibility index (Phi) is 3.43. The van der Waals surface area contributed by atoms with Crippen molar-refractivity contribution >= 4 is 11.9 Å². The number of rotatable bonds is 4. The first-order valence-corrected chi connectivity index (χ1v) is 4.49. The van der Waals surface area contributed by atoms with Gasteiger partial charge in [-0.15, -0.1) is 0 Å². The molecular weight excluding hydrogens is 198 g/mol. The Bertz CT molecular complexity index is 372. The van der Waals surface area contributed by atoms with Crippen LogP contribution in [0.2, 0.25) is 0 Å². The average Bonchev–Trinajstić information content (AvgIpc) is 2.49. The summed E-state index contributed by atoms with van der Waals surface area (Å²) in [5, 5.41) is 11.1. The number of aliphatic carboxylic acids is 1. The molecule has 1 amide bonds. The fourth-order valence-electron chi connectivity index (χ4n) is 1.19. The number of nitrogens with one attached hydrogen (secondary N) is 1. The van der Waals surface area contributed by atoms with Crippen molar-refractivity contribution in [3.63, 3.8) is 0 Å². The van der Waals surface area contributed by atoms with Crippen molar-refractivity contribution < 1.29 is 14.7 Å². The Morgan fingerprint density at radius 1 is 1.67 bits per heavy atom. The molecular formula is C9H13N3O3. The molecule has 6 nitrogen and oxygen atoms in total. The van der Waals surface area contributed by atoms with Crippen molar-refractivity contribution in [3.05, 3.63) is 18.2 Å². The topological polar surface area (TPSA) is 84.2 Å². The van der Waals surface area contributed by atoms with Gasteiger partial charge in [0.25, 0.3) is 5.91 Å². The maximum Gasteiger partial charge on any atom is 0.305 e. The number of imidazole rings is 1. The van der Waals surface area contributed by atoms with Gasteiger partial charge in [0, 0.05) is 13.1 Å². The third-order valence-electron chi connectivity index (χ3n) is 1.91. The summed E-state index contributed by atoms with van der Waals surface area (Å²) in [5.74, 6) is -1.25. The van der Waals surface area contributed by atoms with Crippen LogP contribution in [0.4, 0.5) is 0 Å². The normalized spacial score (nSPS) is 12.1. The summed E-state index contributed by atoms with van der Waals surface area (Å²) in [6.45, 7) is 1.64. The highest BCUT2D eigenvalue weighted by Crippen LogP contribution is 1.98. The van der Waals surface area contributed by atoms with Gasteiger partial charge in [0.15, 0.2) is 0 Å². The summed E-state index contributed by atoms with van der Waals surface area (Å²) in [5.41, 5.74) is 0.409. The fraction of sp³-hybridized carbons (Fsp3) is 0.444. The maximum atomic E-state index is 11.6. The van der Waals surface area contributed by atoms with Crippen LogP contribution in [0.1, 0.15) is 23.8 Å². The Balaban J connectivity index is 2.56. The first-order valence-electron chi connectivity index (χ1n) is 4.49. The smallest absolute Gasteiger partial charge is 0.305 e. The molecule has 1 unspecified atom stereocenters. The van der Waals surface area contributed by atoms with Gasteiger partial charge in [0.1, 0.15) is 5.69 Å². The van der Waals surface area contributed by atoms with Crippen LogP contribution in [0.5, 0.6) is 0 Å². The molecule has 0 radical (unpaired) electrons. The van der Waals surface area contributed by atoms with E-state index in [1.807, 2.05) is 0 Å². The Morgan fingerprint density at radius 2 is 2.33 bits per heavy atom. The number of carboxylic acid groups (broad SMARTS) is 1. The molecule has 1 atom stereocenters. The molecule has 0 bridgehead atoms. The largest absolute Gasteiger partial charge is 0.481 e. The maximum absolute atomic E-state index is 11.6. The molecule has 0 saturated heterocycles. The molecule has 82 valence electrons. The second-order valence-corrected chi connectivity index (χ2v) is 3.36. The zero-order valence-corrected chi connectivity index (χ0v) is 8.60. The lowest BCUT2D eigenvalue weighted by Crippen LogP contribution is -2.35. The number of aromatic nitrogens is 2. The average molecular weight is 211 g/mol. The highest BCUT2D eigenvalue weighted by Gasteiger charge is 2.14. The van der Waals surface area contributed by atoms with Crippen molar-refractivity contribution in [1.29, 1.82) is 0 Å². The number of carbonyl (C=O) groups excluding carboxylic acids is 1. The van der Waals surface area contributed by atoms with Gasteiger partial charge < -0.3 is 15.0 Å². The van der Waals surface area contributed by atoms with E-state index in [-0.39, 0.29) is 12.3 Å². The molecule has 0 aliphatic heterocycles. The predicted octanol–water partition coefficient (Wildman–Crippen LogP) is 0.0131. The van der Waals surface area contributed by atoms with Gasteiger partial charge in [-0.2, -0.15) is 0 Å². The molecule has 0 saturated carbocycles. The summed E-state index contributed by atoms with van der Waals surface area (Å²) in [4.78, 5) is 25.7. The highest BCUT2D eigenvalue weighted by atomic mass is 16.4. The van der Waals surface area contributed by atoms with Crippen LogP contribution in [-0.2, 0) is 11.8 Å². The molecule has 0 fully saturated rings. The summed E-state index contributed by atoms with van der Waals surface area (Å²) >= 11 is 0. The molecule has 2 N–H and O–H groups in total. The SMILES string of the molecule is CC(CC(=O)O)NC(=O)c1cncn1C. The van der Waals surface area contributed by atoms with Gasteiger partial charge in [0.05, 0.1) is 18.9 Å². The summed E-state index contributed by atoms with van der Waals surface area (Å²) < 4.78 is 1.57. The van der Waals surface area contributed by atoms with E-state index in [1.165, 1.54) is 12.5 Å². The second kappa shape index (κ2) is 4.59. The summed E-state index contributed by atoms with van der Waals surface area (Å²) in [6, 6.07) is -0.398. The zero-order chi connectivity index (χ0) is 11.4. The molecule has 0 aromatic carbocycles. The van der Waals surface area contributed by atoms with Crippen LogP contribution in [0.3, 0.4) is 0 Å². The molecule has 6 heteroatoms. The third-order valence-corrected chi connectivity index (χ3v) is 1.91. The summed E-state index contributed by atoms with van der Waals surface area (Å²) in [6.07, 6.45) is 2.85. The number of hydrogen-bond acceptors (Lipinski definition) is 3. The Morgan fingerprint density at radius 3 is 2.80 bits per heavy atom. The lowest BCUT2D eigenvalue weighted by atomic mass is 10.2. The van der Waals surface area contributed by atoms with Crippen molar-refractivity contribution in [1.82, 2.24) is 14.9 Å². The number of carbonyl (C=O) groups is 2. The van der Waals surface area contributed by atoms with E-state index in [1.54, 1.807) is 18.5 Å². The molecule has 1 heterocycles. The van der Waals surface area contributed by atoms with Crippen LogP contribution in [-0.4, -0.2) is 32.6 Å². The summed E-state index contributed by atoms with van der Waals surface area (Å²) in [7, 11) is 1.70. The van der Waals surface area contributed by atoms with Crippen LogP contribution in [0.25, 0.3) is 0 Å². The van der Waals surface area contributed by atoms with Gasteiger partial charge >= 0.3 is 5.97 Å². The van der Waals surface area contributed by atoms with Crippen LogP contribution >= 0.6 is 0 Å². The van der Waals surface area contributed by atoms with Crippen LogP contribution in [0, 0.1) is 0 Å². The minimum atomic E-state index is -0.937. The number of aryl methyl sites for hydroxylation is 1. The first kappa shape index (κ1) is 11.2. The van der Waals surface area contributed by atoms with Gasteiger partial charge in [-0.1, -0.05) is 0 Å². The molecule has 15 heavy (non-hydrogen) atoms. The van der Waals surface area contributed by atoms with E-state index in [9.17, 15) is 9.59 Å². The lowest BCUT2D eigenvalue weighted by Gasteiger charge is -2.11. The van der Waals surface area contributed by atoms with E-state index in [0.29, 0.717) is 5.69 Å². The first-order chi connectivity index (χ1) is 7.00. The van der Waals surface area contributed by atoms with E-state index in [2.05, 4.69) is 10.3 Å². The fourth-order valence-corrected chi connectivity index (χ4v) is 1.19. The molecule has 1 aromatic heterocycles. The number of carboxylic acids is 1. The van der Waals surface area contributed by atoms with Crippen molar-refractivity contribution in [3.8, 4) is 0 Å². The van der Waals surface area contributed by atoms with E-state index >= 15 is 0 Å². The predicted molar refractivity (Wildman–Crippen MR) is 52.4 cm³/mol. The minimum absolute atomic E-state index is 0.0937.